The van der Waals surface area contributed by atoms with Crippen LogP contribution in [0.1, 0.15) is 15.9 Å². The van der Waals surface area contributed by atoms with Gasteiger partial charge in [0.25, 0.3) is 5.91 Å². The summed E-state index contributed by atoms with van der Waals surface area (Å²) in [5, 5.41) is 3.37. The average molecular weight is 314 g/mol. The highest BCUT2D eigenvalue weighted by atomic mass is 19.1. The molecule has 1 heterocycles. The highest BCUT2D eigenvalue weighted by Crippen LogP contribution is 2.20. The minimum Gasteiger partial charge on any atom is -0.322 e. The van der Waals surface area contributed by atoms with Crippen molar-refractivity contribution < 1.29 is 13.6 Å². The first-order chi connectivity index (χ1) is 10.9. The van der Waals surface area contributed by atoms with E-state index in [1.54, 1.807) is 18.2 Å². The molecule has 0 atom stereocenters. The van der Waals surface area contributed by atoms with E-state index < -0.39 is 17.5 Å². The second-order valence-corrected chi connectivity index (χ2v) is 5.16. The minimum atomic E-state index is -0.937. The molecule has 0 radical (unpaired) electrons. The van der Waals surface area contributed by atoms with Crippen molar-refractivity contribution in [2.45, 2.75) is 6.92 Å². The summed E-state index contributed by atoms with van der Waals surface area (Å²) >= 11 is 0. The minimum absolute atomic E-state index is 0.247. The maximum Gasteiger partial charge on any atom is 0.258 e. The maximum atomic E-state index is 13.6. The molecule has 116 valence electrons. The quantitative estimate of drug-likeness (QED) is 0.762. The number of fused-ring (bicyclic) bond motifs is 1. The Morgan fingerprint density at radius 3 is 2.61 bits per heavy atom. The number of hydrogen-bond acceptors (Lipinski definition) is 2. The highest BCUT2D eigenvalue weighted by Gasteiger charge is 2.13. The molecular weight excluding hydrogens is 302 g/mol. The van der Waals surface area contributed by atoms with Gasteiger partial charge in [-0.3, -0.25) is 9.59 Å². The molecule has 0 fully saturated rings. The zero-order valence-electron chi connectivity index (χ0n) is 12.1. The molecule has 4 nitrogen and oxygen atoms in total. The number of halogens is 2. The maximum absolute atomic E-state index is 13.6. The summed E-state index contributed by atoms with van der Waals surface area (Å²) in [7, 11) is 0. The van der Waals surface area contributed by atoms with Gasteiger partial charge in [-0.25, -0.2) is 8.78 Å². The summed E-state index contributed by atoms with van der Waals surface area (Å²) < 4.78 is 26.5. The lowest BCUT2D eigenvalue weighted by Crippen LogP contribution is -2.14. The standard InChI is InChI=1S/C17H12F2N2O2/c1-9-6-16(22)21-15-8-11(3-5-12(9)15)20-17(23)13-4-2-10(18)7-14(13)19/h2-8H,1H3,(H,20,23)(H,21,22). The third-order valence-corrected chi connectivity index (χ3v) is 3.48. The largest absolute Gasteiger partial charge is 0.322 e. The number of aromatic amines is 1. The van der Waals surface area contributed by atoms with E-state index in [4.69, 9.17) is 0 Å². The fraction of sp³-hybridized carbons (Fsp3) is 0.0588. The molecule has 3 rings (SSSR count). The number of aromatic nitrogens is 1. The number of rotatable bonds is 2. The molecular formula is C17H12F2N2O2. The first-order valence-electron chi connectivity index (χ1n) is 6.84. The Kier molecular flexibility index (Phi) is 3.65. The van der Waals surface area contributed by atoms with E-state index in [0.29, 0.717) is 17.3 Å². The van der Waals surface area contributed by atoms with Crippen LogP contribution in [0.2, 0.25) is 0 Å². The highest BCUT2D eigenvalue weighted by molar-refractivity contribution is 6.05. The number of hydrogen-bond donors (Lipinski definition) is 2. The van der Waals surface area contributed by atoms with Crippen molar-refractivity contribution in [2.24, 2.45) is 0 Å². The first kappa shape index (κ1) is 14.9. The monoisotopic (exact) mass is 314 g/mol. The molecule has 2 N–H and O–H groups in total. The number of benzene rings is 2. The van der Waals surface area contributed by atoms with E-state index in [2.05, 4.69) is 10.3 Å². The van der Waals surface area contributed by atoms with Gasteiger partial charge in [-0.1, -0.05) is 6.07 Å². The van der Waals surface area contributed by atoms with Gasteiger partial charge in [-0.15, -0.1) is 0 Å². The van der Waals surface area contributed by atoms with Gasteiger partial charge >= 0.3 is 0 Å². The second-order valence-electron chi connectivity index (χ2n) is 5.16. The van der Waals surface area contributed by atoms with E-state index in [1.807, 2.05) is 6.92 Å². The van der Waals surface area contributed by atoms with E-state index in [1.165, 1.54) is 6.07 Å². The first-order valence-corrected chi connectivity index (χ1v) is 6.84. The average Bonchev–Trinajstić information content (AvgIpc) is 2.46. The van der Waals surface area contributed by atoms with Crippen LogP contribution in [0.25, 0.3) is 10.9 Å². The SMILES string of the molecule is Cc1cc(=O)[nH]c2cc(NC(=O)c3ccc(F)cc3F)ccc12. The summed E-state index contributed by atoms with van der Waals surface area (Å²) in [6.07, 6.45) is 0. The molecule has 0 saturated carbocycles. The molecule has 2 aromatic carbocycles. The Morgan fingerprint density at radius 2 is 1.87 bits per heavy atom. The summed E-state index contributed by atoms with van der Waals surface area (Å²) in [6.45, 7) is 1.81. The van der Waals surface area contributed by atoms with Gasteiger partial charge in [-0.2, -0.15) is 0 Å². The van der Waals surface area contributed by atoms with Crippen LogP contribution in [0.4, 0.5) is 14.5 Å². The molecule has 0 aliphatic heterocycles. The van der Waals surface area contributed by atoms with Crippen molar-refractivity contribution in [3.8, 4) is 0 Å². The van der Waals surface area contributed by atoms with E-state index in [-0.39, 0.29) is 11.1 Å². The van der Waals surface area contributed by atoms with Gasteiger partial charge in [0, 0.05) is 23.2 Å². The van der Waals surface area contributed by atoms with Crippen molar-refractivity contribution in [1.82, 2.24) is 4.98 Å². The van der Waals surface area contributed by atoms with Crippen molar-refractivity contribution in [3.05, 3.63) is 75.6 Å². The van der Waals surface area contributed by atoms with Crippen LogP contribution >= 0.6 is 0 Å². The molecule has 0 saturated heterocycles. The lowest BCUT2D eigenvalue weighted by atomic mass is 10.1. The van der Waals surface area contributed by atoms with E-state index in [9.17, 15) is 18.4 Å². The Hall–Kier alpha value is -3.02. The number of amides is 1. The van der Waals surface area contributed by atoms with Crippen LogP contribution in [0.15, 0.2) is 47.3 Å². The predicted octanol–water partition coefficient (Wildman–Crippen LogP) is 3.37. The summed E-state index contributed by atoms with van der Waals surface area (Å²) in [4.78, 5) is 26.3. The molecule has 0 spiro atoms. The third-order valence-electron chi connectivity index (χ3n) is 3.48. The Morgan fingerprint density at radius 1 is 1.09 bits per heavy atom. The van der Waals surface area contributed by atoms with Crippen molar-refractivity contribution in [1.29, 1.82) is 0 Å². The predicted molar refractivity (Wildman–Crippen MR) is 83.6 cm³/mol. The zero-order valence-corrected chi connectivity index (χ0v) is 12.1. The number of anilines is 1. The van der Waals surface area contributed by atoms with Crippen LogP contribution < -0.4 is 10.9 Å². The molecule has 0 bridgehead atoms. The smallest absolute Gasteiger partial charge is 0.258 e. The number of H-pyrrole nitrogens is 1. The third kappa shape index (κ3) is 2.96. The van der Waals surface area contributed by atoms with Crippen molar-refractivity contribution >= 4 is 22.5 Å². The van der Waals surface area contributed by atoms with Gasteiger partial charge in [0.15, 0.2) is 0 Å². The second kappa shape index (κ2) is 5.64. The van der Waals surface area contributed by atoms with Crippen LogP contribution in [-0.4, -0.2) is 10.9 Å². The molecule has 1 aromatic heterocycles. The van der Waals surface area contributed by atoms with Crippen LogP contribution in [0.3, 0.4) is 0 Å². The lowest BCUT2D eigenvalue weighted by molar-refractivity contribution is 0.102. The molecule has 23 heavy (non-hydrogen) atoms. The van der Waals surface area contributed by atoms with Gasteiger partial charge in [-0.05, 0) is 36.8 Å². The summed E-state index contributed by atoms with van der Waals surface area (Å²) in [5.41, 5.74) is 1.26. The molecule has 0 aliphatic rings. The fourth-order valence-electron chi connectivity index (χ4n) is 2.38. The Bertz CT molecular complexity index is 980. The fourth-order valence-corrected chi connectivity index (χ4v) is 2.38. The molecule has 1 amide bonds. The van der Waals surface area contributed by atoms with Crippen LogP contribution in [0, 0.1) is 18.6 Å². The summed E-state index contributed by atoms with van der Waals surface area (Å²) in [6, 6.07) is 9.20. The van der Waals surface area contributed by atoms with Crippen LogP contribution in [0.5, 0.6) is 0 Å². The van der Waals surface area contributed by atoms with Gasteiger partial charge in [0.05, 0.1) is 11.1 Å². The van der Waals surface area contributed by atoms with Crippen molar-refractivity contribution in [2.75, 3.05) is 5.32 Å². The summed E-state index contributed by atoms with van der Waals surface area (Å²) in [5.74, 6) is -2.39. The number of carbonyl (C=O) groups is 1. The van der Waals surface area contributed by atoms with Gasteiger partial charge in [0.2, 0.25) is 5.56 Å². The molecule has 3 aromatic rings. The van der Waals surface area contributed by atoms with E-state index in [0.717, 1.165) is 23.1 Å². The topological polar surface area (TPSA) is 62.0 Å². The normalized spacial score (nSPS) is 10.7. The van der Waals surface area contributed by atoms with Gasteiger partial charge < -0.3 is 10.3 Å². The Balaban J connectivity index is 1.95. The Labute approximate surface area is 129 Å². The number of aryl methyl sites for hydroxylation is 1. The zero-order chi connectivity index (χ0) is 16.6. The van der Waals surface area contributed by atoms with Crippen molar-refractivity contribution in [3.63, 3.8) is 0 Å². The molecule has 0 unspecified atom stereocenters. The number of pyridine rings is 1. The van der Waals surface area contributed by atoms with Gasteiger partial charge in [0.1, 0.15) is 11.6 Å². The lowest BCUT2D eigenvalue weighted by Gasteiger charge is -2.08. The van der Waals surface area contributed by atoms with Crippen LogP contribution in [-0.2, 0) is 0 Å². The number of nitrogens with one attached hydrogen (secondary N) is 2. The molecule has 6 heteroatoms. The number of carbonyl (C=O) groups excluding carboxylic acids is 1. The molecule has 0 aliphatic carbocycles. The van der Waals surface area contributed by atoms with E-state index >= 15 is 0 Å².